The van der Waals surface area contributed by atoms with Crippen LogP contribution in [-0.2, 0) is 0 Å². The molecule has 35 heavy (non-hydrogen) atoms. The number of rotatable bonds is 6. The maximum Gasteiger partial charge on any atom is 0.211 e. The molecule has 0 bridgehead atoms. The van der Waals surface area contributed by atoms with E-state index in [2.05, 4.69) is 0 Å². The van der Waals surface area contributed by atoms with Crippen LogP contribution in [0.4, 0.5) is 0 Å². The van der Waals surface area contributed by atoms with Crippen molar-refractivity contribution < 1.29 is 33.9 Å². The Morgan fingerprint density at radius 1 is 0.429 bits per heavy atom. The van der Waals surface area contributed by atoms with Gasteiger partial charge in [-0.15, -0.1) is 0 Å². The van der Waals surface area contributed by atoms with Gasteiger partial charge in [0.15, 0.2) is 23.0 Å². The van der Waals surface area contributed by atoms with Crippen molar-refractivity contribution in [1.82, 2.24) is 0 Å². The van der Waals surface area contributed by atoms with Gasteiger partial charge >= 0.3 is 0 Å². The Kier molecular flexibility index (Phi) is 7.75. The van der Waals surface area contributed by atoms with Crippen LogP contribution in [0.1, 0.15) is 83.1 Å². The second-order valence-corrected chi connectivity index (χ2v) is 12.5. The first-order valence-corrected chi connectivity index (χ1v) is 11.8. The van der Waals surface area contributed by atoms with Gasteiger partial charge in [0, 0.05) is 24.3 Å². The van der Waals surface area contributed by atoms with Crippen LogP contribution in [0.2, 0.25) is 0 Å². The predicted molar refractivity (Wildman–Crippen MR) is 138 cm³/mol. The van der Waals surface area contributed by atoms with Crippen molar-refractivity contribution in [3.8, 4) is 46.0 Å². The molecule has 0 aliphatic rings. The van der Waals surface area contributed by atoms with Gasteiger partial charge in [-0.1, -0.05) is 0 Å². The molecular weight excluding hydrogens is 448 g/mol. The van der Waals surface area contributed by atoms with Crippen molar-refractivity contribution in [2.24, 2.45) is 0 Å². The van der Waals surface area contributed by atoms with Crippen LogP contribution in [0.3, 0.4) is 0 Å². The second-order valence-electron chi connectivity index (χ2n) is 12.5. The van der Waals surface area contributed by atoms with Gasteiger partial charge in [-0.2, -0.15) is 0 Å². The summed E-state index contributed by atoms with van der Waals surface area (Å²) >= 11 is 0. The van der Waals surface area contributed by atoms with Crippen LogP contribution in [0, 0.1) is 0 Å². The lowest BCUT2D eigenvalue weighted by atomic mass is 10.1. The van der Waals surface area contributed by atoms with Gasteiger partial charge < -0.3 is 33.9 Å². The lowest BCUT2D eigenvalue weighted by molar-refractivity contribution is 0.104. The Morgan fingerprint density at radius 2 is 0.629 bits per heavy atom. The summed E-state index contributed by atoms with van der Waals surface area (Å²) in [5, 5.41) is 20.9. The van der Waals surface area contributed by atoms with Crippen LogP contribution in [0.15, 0.2) is 24.3 Å². The molecule has 0 spiro atoms. The molecular formula is C28H42O7. The van der Waals surface area contributed by atoms with Gasteiger partial charge in [0.2, 0.25) is 11.5 Å². The summed E-state index contributed by atoms with van der Waals surface area (Å²) < 4.78 is 31.1. The van der Waals surface area contributed by atoms with Crippen LogP contribution in [0.25, 0.3) is 0 Å². The molecule has 2 aromatic rings. The number of hydrogen-bond donors (Lipinski definition) is 2. The van der Waals surface area contributed by atoms with Crippen LogP contribution in [-0.4, -0.2) is 32.6 Å². The number of ether oxygens (including phenoxy) is 5. The zero-order valence-electron chi connectivity index (χ0n) is 23.2. The Balaban J connectivity index is 2.82. The minimum atomic E-state index is -0.588. The first kappa shape index (κ1) is 28.3. The fourth-order valence-corrected chi connectivity index (χ4v) is 3.05. The Morgan fingerprint density at radius 3 is 0.800 bits per heavy atom. The van der Waals surface area contributed by atoms with Gasteiger partial charge in [0.05, 0.1) is 0 Å². The van der Waals surface area contributed by atoms with E-state index in [0.29, 0.717) is 0 Å². The van der Waals surface area contributed by atoms with E-state index >= 15 is 0 Å². The molecule has 0 saturated carbocycles. The monoisotopic (exact) mass is 490 g/mol. The number of phenolic OH excluding ortho intramolecular Hbond substituents is 2. The molecule has 0 heterocycles. The fourth-order valence-electron chi connectivity index (χ4n) is 3.05. The summed E-state index contributed by atoms with van der Waals surface area (Å²) in [4.78, 5) is 0. The molecule has 7 nitrogen and oxygen atoms in total. The minimum Gasteiger partial charge on any atom is -0.508 e. The molecule has 0 saturated heterocycles. The highest BCUT2D eigenvalue weighted by atomic mass is 16.6. The van der Waals surface area contributed by atoms with Crippen LogP contribution < -0.4 is 23.7 Å². The molecule has 7 heteroatoms. The third-order valence-corrected chi connectivity index (χ3v) is 3.88. The quantitative estimate of drug-likeness (QED) is 0.431. The molecule has 0 aliphatic heterocycles. The van der Waals surface area contributed by atoms with Crippen molar-refractivity contribution >= 4 is 0 Å². The van der Waals surface area contributed by atoms with Crippen molar-refractivity contribution in [3.63, 3.8) is 0 Å². The molecule has 2 N–H and O–H groups in total. The van der Waals surface area contributed by atoms with Gasteiger partial charge in [0.1, 0.15) is 33.9 Å². The maximum absolute atomic E-state index is 10.4. The van der Waals surface area contributed by atoms with E-state index in [0.717, 1.165) is 0 Å². The highest BCUT2D eigenvalue weighted by molar-refractivity contribution is 5.62. The summed E-state index contributed by atoms with van der Waals surface area (Å²) in [6, 6.07) is 5.91. The SMILES string of the molecule is CC(C)(C)Oc1cc(O)cc(OC(C)(C)C)c1Oc1c(OC(C)(C)C)cc(O)cc1OC(C)(C)C. The van der Waals surface area contributed by atoms with Gasteiger partial charge in [-0.25, -0.2) is 0 Å². The minimum absolute atomic E-state index is 0.0288. The third kappa shape index (κ3) is 9.30. The van der Waals surface area contributed by atoms with Crippen molar-refractivity contribution in [2.75, 3.05) is 0 Å². The summed E-state index contributed by atoms with van der Waals surface area (Å²) in [6.45, 7) is 22.8. The smallest absolute Gasteiger partial charge is 0.211 e. The summed E-state index contributed by atoms with van der Waals surface area (Å²) in [7, 11) is 0. The van der Waals surface area contributed by atoms with Crippen molar-refractivity contribution in [2.45, 2.75) is 105 Å². The zero-order chi connectivity index (χ0) is 27.0. The van der Waals surface area contributed by atoms with E-state index in [4.69, 9.17) is 23.7 Å². The van der Waals surface area contributed by atoms with Crippen molar-refractivity contribution in [3.05, 3.63) is 24.3 Å². The molecule has 0 radical (unpaired) electrons. The Hall–Kier alpha value is -2.96. The lowest BCUT2D eigenvalue weighted by Crippen LogP contribution is -2.26. The molecule has 0 aromatic heterocycles. The third-order valence-electron chi connectivity index (χ3n) is 3.88. The topological polar surface area (TPSA) is 86.6 Å². The molecule has 2 aromatic carbocycles. The first-order chi connectivity index (χ1) is 15.6. The number of aromatic hydroxyl groups is 2. The number of hydrogen-bond acceptors (Lipinski definition) is 7. The molecule has 0 amide bonds. The molecule has 0 unspecified atom stereocenters. The summed E-state index contributed by atoms with van der Waals surface area (Å²) in [5.74, 6) is 1.58. The Bertz CT molecular complexity index is 872. The highest BCUT2D eigenvalue weighted by Crippen LogP contribution is 2.51. The van der Waals surface area contributed by atoms with E-state index in [1.807, 2.05) is 83.1 Å². The van der Waals surface area contributed by atoms with Crippen molar-refractivity contribution in [1.29, 1.82) is 0 Å². The van der Waals surface area contributed by atoms with Gasteiger partial charge in [0.25, 0.3) is 0 Å². The second kappa shape index (κ2) is 9.59. The van der Waals surface area contributed by atoms with E-state index in [9.17, 15) is 10.2 Å². The Labute approximate surface area is 209 Å². The molecule has 0 fully saturated rings. The van der Waals surface area contributed by atoms with E-state index in [1.165, 1.54) is 24.3 Å². The van der Waals surface area contributed by atoms with Crippen LogP contribution in [0.5, 0.6) is 46.0 Å². The number of benzene rings is 2. The van der Waals surface area contributed by atoms with Crippen LogP contribution >= 0.6 is 0 Å². The molecule has 196 valence electrons. The van der Waals surface area contributed by atoms with E-state index in [1.54, 1.807) is 0 Å². The largest absolute Gasteiger partial charge is 0.508 e. The average molecular weight is 491 g/mol. The molecule has 0 atom stereocenters. The average Bonchev–Trinajstić information content (AvgIpc) is 2.53. The first-order valence-electron chi connectivity index (χ1n) is 11.8. The predicted octanol–water partition coefficient (Wildman–Crippen LogP) is 7.60. The fraction of sp³-hybridized carbons (Fsp3) is 0.571. The maximum atomic E-state index is 10.4. The normalized spacial score (nSPS) is 12.8. The molecule has 0 aliphatic carbocycles. The number of phenols is 2. The summed E-state index contributed by atoms with van der Waals surface area (Å²) in [5.41, 5.74) is -2.35. The van der Waals surface area contributed by atoms with E-state index < -0.39 is 22.4 Å². The highest BCUT2D eigenvalue weighted by Gasteiger charge is 2.29. The van der Waals surface area contributed by atoms with Gasteiger partial charge in [-0.3, -0.25) is 0 Å². The van der Waals surface area contributed by atoms with E-state index in [-0.39, 0.29) is 46.0 Å². The molecule has 2 rings (SSSR count). The zero-order valence-corrected chi connectivity index (χ0v) is 23.2. The lowest BCUT2D eigenvalue weighted by Gasteiger charge is -2.30. The standard InChI is InChI=1S/C28H42O7/c1-25(2,3)32-19-13-17(29)14-20(33-26(4,5)6)23(19)31-24-21(34-27(7,8)9)15-18(30)16-22(24)35-28(10,11)12/h13-16,29-30H,1-12H3. The van der Waals surface area contributed by atoms with Gasteiger partial charge in [-0.05, 0) is 83.1 Å². The summed E-state index contributed by atoms with van der Waals surface area (Å²) in [6.07, 6.45) is 0.